The molecule has 2 heteroatoms. The molecule has 0 fully saturated rings. The molecular weight excluding hydrogens is 168 g/mol. The topological polar surface area (TPSA) is 17.1 Å². The lowest BCUT2D eigenvalue weighted by Gasteiger charge is -1.94. The number of ketones is 1. The van der Waals surface area contributed by atoms with Gasteiger partial charge in [0.15, 0.2) is 5.78 Å². The second-order valence-corrected chi connectivity index (χ2v) is 3.53. The lowest BCUT2D eigenvalue weighted by molar-refractivity contribution is 0.0984. The number of Topliss-reactive ketones (excluding diaryl/α,β-unsaturated/α-hetero) is 1. The van der Waals surface area contributed by atoms with E-state index in [4.69, 9.17) is 0 Å². The fourth-order valence-electron chi connectivity index (χ4n) is 0.967. The molecule has 1 rings (SSSR count). The molecule has 1 aromatic heterocycles. The van der Waals surface area contributed by atoms with Crippen LogP contribution in [0.3, 0.4) is 0 Å². The van der Waals surface area contributed by atoms with E-state index in [0.717, 1.165) is 17.7 Å². The number of hydrogen-bond acceptors (Lipinski definition) is 2. The van der Waals surface area contributed by atoms with Crippen molar-refractivity contribution in [2.24, 2.45) is 0 Å². The number of unbranched alkanes of at least 4 members (excludes halogenated alkanes) is 1. The van der Waals surface area contributed by atoms with Gasteiger partial charge in [0.1, 0.15) is 0 Å². The molecule has 0 aliphatic heterocycles. The van der Waals surface area contributed by atoms with Gasteiger partial charge in [-0.25, -0.2) is 0 Å². The zero-order valence-corrected chi connectivity index (χ0v) is 7.77. The summed E-state index contributed by atoms with van der Waals surface area (Å²) < 4.78 is 0. The Balaban J connectivity index is 2.34. The van der Waals surface area contributed by atoms with Crippen molar-refractivity contribution in [3.05, 3.63) is 35.0 Å². The van der Waals surface area contributed by atoms with Crippen LogP contribution in [-0.4, -0.2) is 5.78 Å². The van der Waals surface area contributed by atoms with E-state index in [1.807, 2.05) is 23.6 Å². The van der Waals surface area contributed by atoms with Gasteiger partial charge >= 0.3 is 0 Å². The first kappa shape index (κ1) is 9.20. The first-order chi connectivity index (χ1) is 5.84. The van der Waals surface area contributed by atoms with E-state index in [1.54, 1.807) is 0 Å². The van der Waals surface area contributed by atoms with Crippen molar-refractivity contribution in [3.8, 4) is 0 Å². The monoisotopic (exact) mass is 180 g/mol. The highest BCUT2D eigenvalue weighted by atomic mass is 32.1. The first-order valence-electron chi connectivity index (χ1n) is 4.02. The van der Waals surface area contributed by atoms with E-state index in [2.05, 4.69) is 6.58 Å². The summed E-state index contributed by atoms with van der Waals surface area (Å²) in [5.74, 6) is 0.256. The Kier molecular flexibility index (Phi) is 3.74. The molecule has 0 aliphatic carbocycles. The maximum atomic E-state index is 11.4. The summed E-state index contributed by atoms with van der Waals surface area (Å²) in [6.07, 6.45) is 4.34. The van der Waals surface area contributed by atoms with Crippen LogP contribution in [0.5, 0.6) is 0 Å². The van der Waals surface area contributed by atoms with Crippen LogP contribution in [0, 0.1) is 0 Å². The second kappa shape index (κ2) is 4.88. The van der Waals surface area contributed by atoms with Crippen molar-refractivity contribution in [1.29, 1.82) is 0 Å². The number of hydrogen-bond donors (Lipinski definition) is 0. The maximum Gasteiger partial charge on any atom is 0.172 e. The Morgan fingerprint density at radius 3 is 3.08 bits per heavy atom. The van der Waals surface area contributed by atoms with E-state index in [0.29, 0.717) is 6.42 Å². The highest BCUT2D eigenvalue weighted by molar-refractivity contribution is 7.12. The average molecular weight is 180 g/mol. The number of carbonyl (C=O) groups is 1. The summed E-state index contributed by atoms with van der Waals surface area (Å²) in [5.41, 5.74) is 0. The zero-order chi connectivity index (χ0) is 8.81. The maximum absolute atomic E-state index is 11.4. The fraction of sp³-hybridized carbons (Fsp3) is 0.300. The normalized spacial score (nSPS) is 9.67. The van der Waals surface area contributed by atoms with E-state index >= 15 is 0 Å². The van der Waals surface area contributed by atoms with Crippen molar-refractivity contribution in [2.45, 2.75) is 19.3 Å². The van der Waals surface area contributed by atoms with Gasteiger partial charge in [-0.2, -0.15) is 0 Å². The van der Waals surface area contributed by atoms with Crippen molar-refractivity contribution >= 4 is 17.1 Å². The first-order valence-corrected chi connectivity index (χ1v) is 4.90. The Bertz CT molecular complexity index is 249. The molecule has 0 amide bonds. The van der Waals surface area contributed by atoms with Gasteiger partial charge in [0, 0.05) is 6.42 Å². The van der Waals surface area contributed by atoms with Crippen LogP contribution in [0.15, 0.2) is 30.2 Å². The summed E-state index contributed by atoms with van der Waals surface area (Å²) >= 11 is 1.51. The van der Waals surface area contributed by atoms with Gasteiger partial charge in [0.2, 0.25) is 0 Å². The van der Waals surface area contributed by atoms with Crippen LogP contribution >= 0.6 is 11.3 Å². The highest BCUT2D eigenvalue weighted by Gasteiger charge is 2.04. The Hall–Kier alpha value is -0.890. The van der Waals surface area contributed by atoms with E-state index in [-0.39, 0.29) is 5.78 Å². The molecule has 0 saturated carbocycles. The number of thiophene rings is 1. The van der Waals surface area contributed by atoms with Crippen molar-refractivity contribution in [2.75, 3.05) is 0 Å². The third-order valence-corrected chi connectivity index (χ3v) is 2.52. The zero-order valence-electron chi connectivity index (χ0n) is 6.95. The predicted molar refractivity (Wildman–Crippen MR) is 52.7 cm³/mol. The quantitative estimate of drug-likeness (QED) is 0.386. The van der Waals surface area contributed by atoms with Crippen molar-refractivity contribution in [3.63, 3.8) is 0 Å². The van der Waals surface area contributed by atoms with Gasteiger partial charge in [0.05, 0.1) is 4.88 Å². The van der Waals surface area contributed by atoms with Crippen LogP contribution in [0.1, 0.15) is 28.9 Å². The molecule has 0 atom stereocenters. The summed E-state index contributed by atoms with van der Waals surface area (Å²) in [5, 5.41) is 1.93. The third kappa shape index (κ3) is 2.62. The van der Waals surface area contributed by atoms with Crippen molar-refractivity contribution < 1.29 is 4.79 Å². The number of rotatable bonds is 5. The van der Waals surface area contributed by atoms with Crippen LogP contribution < -0.4 is 0 Å². The molecule has 1 nitrogen and oxygen atoms in total. The molecule has 0 aliphatic rings. The molecule has 0 aromatic carbocycles. The highest BCUT2D eigenvalue weighted by Crippen LogP contribution is 2.12. The Labute approximate surface area is 76.7 Å². The van der Waals surface area contributed by atoms with Crippen LogP contribution in [-0.2, 0) is 0 Å². The predicted octanol–water partition coefficient (Wildman–Crippen LogP) is 3.29. The largest absolute Gasteiger partial charge is 0.293 e. The van der Waals surface area contributed by atoms with Crippen molar-refractivity contribution in [1.82, 2.24) is 0 Å². The minimum absolute atomic E-state index is 0.256. The molecule has 0 saturated heterocycles. The Morgan fingerprint density at radius 1 is 1.67 bits per heavy atom. The number of allylic oxidation sites excluding steroid dienone is 1. The summed E-state index contributed by atoms with van der Waals surface area (Å²) in [6, 6.07) is 3.78. The minimum Gasteiger partial charge on any atom is -0.293 e. The molecule has 0 spiro atoms. The summed E-state index contributed by atoms with van der Waals surface area (Å²) in [7, 11) is 0. The minimum atomic E-state index is 0.256. The smallest absolute Gasteiger partial charge is 0.172 e. The molecular formula is C10H12OS. The van der Waals surface area contributed by atoms with Gasteiger partial charge in [-0.1, -0.05) is 12.1 Å². The summed E-state index contributed by atoms with van der Waals surface area (Å²) in [6.45, 7) is 3.61. The second-order valence-electron chi connectivity index (χ2n) is 2.58. The van der Waals surface area contributed by atoms with Gasteiger partial charge in [0.25, 0.3) is 0 Å². The molecule has 0 unspecified atom stereocenters. The fourth-order valence-corrected chi connectivity index (χ4v) is 1.66. The molecule has 64 valence electrons. The molecule has 1 aromatic rings. The molecule has 12 heavy (non-hydrogen) atoms. The van der Waals surface area contributed by atoms with Gasteiger partial charge < -0.3 is 0 Å². The average Bonchev–Trinajstić information content (AvgIpc) is 2.56. The lowest BCUT2D eigenvalue weighted by atomic mass is 10.1. The Morgan fingerprint density at radius 2 is 2.50 bits per heavy atom. The SMILES string of the molecule is C=CCCCC(=O)c1cccs1. The summed E-state index contributed by atoms with van der Waals surface area (Å²) in [4.78, 5) is 12.2. The van der Waals surface area contributed by atoms with Gasteiger partial charge in [-0.3, -0.25) is 4.79 Å². The van der Waals surface area contributed by atoms with E-state index in [1.165, 1.54) is 11.3 Å². The van der Waals surface area contributed by atoms with Crippen LogP contribution in [0.4, 0.5) is 0 Å². The lowest BCUT2D eigenvalue weighted by Crippen LogP contribution is -1.94. The van der Waals surface area contributed by atoms with Gasteiger partial charge in [-0.05, 0) is 24.3 Å². The number of carbonyl (C=O) groups excluding carboxylic acids is 1. The molecule has 1 heterocycles. The van der Waals surface area contributed by atoms with Crippen LogP contribution in [0.2, 0.25) is 0 Å². The standard InChI is InChI=1S/C10H12OS/c1-2-3-4-6-9(11)10-7-5-8-12-10/h2,5,7-8H,1,3-4,6H2. The molecule has 0 N–H and O–H groups in total. The van der Waals surface area contributed by atoms with E-state index in [9.17, 15) is 4.79 Å². The third-order valence-electron chi connectivity index (χ3n) is 1.61. The van der Waals surface area contributed by atoms with Gasteiger partial charge in [-0.15, -0.1) is 17.9 Å². The van der Waals surface area contributed by atoms with E-state index < -0.39 is 0 Å². The molecule has 0 radical (unpaired) electrons. The van der Waals surface area contributed by atoms with Crippen LogP contribution in [0.25, 0.3) is 0 Å². The molecule has 0 bridgehead atoms.